The fourth-order valence-electron chi connectivity index (χ4n) is 3.74. The molecule has 12 heteroatoms. The van der Waals surface area contributed by atoms with Gasteiger partial charge in [-0.1, -0.05) is 0 Å². The van der Waals surface area contributed by atoms with Gasteiger partial charge in [0, 0.05) is 30.5 Å². The van der Waals surface area contributed by atoms with Crippen molar-refractivity contribution >= 4 is 28.6 Å². The fourth-order valence-corrected chi connectivity index (χ4v) is 3.74. The number of ether oxygens (including phenoxy) is 1. The monoisotopic (exact) mass is 465 g/mol. The molecule has 1 aliphatic rings. The summed E-state index contributed by atoms with van der Waals surface area (Å²) in [4.78, 5) is 23.4. The van der Waals surface area contributed by atoms with Crippen LogP contribution in [0.25, 0.3) is 22.4 Å². The number of hydrogen-bond donors (Lipinski definition) is 2. The third kappa shape index (κ3) is 5.01. The van der Waals surface area contributed by atoms with E-state index in [1.807, 2.05) is 4.90 Å². The topological polar surface area (TPSA) is 104 Å². The molecule has 1 saturated heterocycles. The minimum atomic E-state index is -4.41. The van der Waals surface area contributed by atoms with Crippen LogP contribution in [0, 0.1) is 0 Å². The third-order valence-corrected chi connectivity index (χ3v) is 5.25. The minimum absolute atomic E-state index is 0.0940. The number of carboxylic acid groups (broad SMARTS) is 1. The lowest BCUT2D eigenvalue weighted by Crippen LogP contribution is -2.37. The molecular formula is C21H22F3N5O4. The summed E-state index contributed by atoms with van der Waals surface area (Å²) in [5.74, 6) is 0.748. The number of alkyl halides is 3. The highest BCUT2D eigenvalue weighted by atomic mass is 19.4. The van der Waals surface area contributed by atoms with E-state index >= 15 is 0 Å². The van der Waals surface area contributed by atoms with Gasteiger partial charge in [-0.05, 0) is 30.3 Å². The molecule has 0 aliphatic carbocycles. The predicted octanol–water partition coefficient (Wildman–Crippen LogP) is 2.97. The second-order valence-corrected chi connectivity index (χ2v) is 7.47. The van der Waals surface area contributed by atoms with Crippen molar-refractivity contribution in [3.63, 3.8) is 0 Å². The van der Waals surface area contributed by atoms with Crippen molar-refractivity contribution in [1.82, 2.24) is 14.5 Å². The van der Waals surface area contributed by atoms with Crippen LogP contribution in [0.15, 0.2) is 36.5 Å². The van der Waals surface area contributed by atoms with Gasteiger partial charge in [-0.2, -0.15) is 13.2 Å². The summed E-state index contributed by atoms with van der Waals surface area (Å²) >= 11 is 0. The first-order chi connectivity index (χ1) is 15.8. The SMILES string of the molecule is O=C(O)N(CCO)c1ccc(-c2nc(N3CCOCC3)c3ccn(CC(F)(F)F)c3n2)cc1. The number of aromatic nitrogens is 3. The van der Waals surface area contributed by atoms with Crippen molar-refractivity contribution in [3.05, 3.63) is 36.5 Å². The Balaban J connectivity index is 1.78. The zero-order valence-electron chi connectivity index (χ0n) is 17.5. The lowest BCUT2D eigenvalue weighted by molar-refractivity contribution is -0.139. The van der Waals surface area contributed by atoms with Crippen LogP contribution in [0.5, 0.6) is 0 Å². The van der Waals surface area contributed by atoms with Crippen molar-refractivity contribution in [3.8, 4) is 11.4 Å². The molecule has 1 amide bonds. The van der Waals surface area contributed by atoms with Gasteiger partial charge in [0.05, 0.1) is 31.8 Å². The molecule has 176 valence electrons. The van der Waals surface area contributed by atoms with E-state index < -0.39 is 18.8 Å². The highest BCUT2D eigenvalue weighted by Crippen LogP contribution is 2.31. The predicted molar refractivity (Wildman–Crippen MR) is 115 cm³/mol. The molecule has 9 nitrogen and oxygen atoms in total. The van der Waals surface area contributed by atoms with Crippen molar-refractivity contribution in [2.75, 3.05) is 49.3 Å². The minimum Gasteiger partial charge on any atom is -0.465 e. The van der Waals surface area contributed by atoms with Crippen LogP contribution in [0.1, 0.15) is 0 Å². The van der Waals surface area contributed by atoms with E-state index in [4.69, 9.17) is 9.84 Å². The number of hydrogen-bond acceptors (Lipinski definition) is 6. The molecule has 2 N–H and O–H groups in total. The summed E-state index contributed by atoms with van der Waals surface area (Å²) in [5, 5.41) is 18.9. The number of anilines is 2. The Labute approximate surface area is 186 Å². The first-order valence-electron chi connectivity index (χ1n) is 10.2. The Morgan fingerprint density at radius 1 is 1.12 bits per heavy atom. The first-order valence-corrected chi connectivity index (χ1v) is 10.2. The highest BCUT2D eigenvalue weighted by molar-refractivity contribution is 5.90. The van der Waals surface area contributed by atoms with E-state index in [0.29, 0.717) is 48.8 Å². The fraction of sp³-hybridized carbons (Fsp3) is 0.381. The van der Waals surface area contributed by atoms with Gasteiger partial charge < -0.3 is 24.4 Å². The number of morpholine rings is 1. The summed E-state index contributed by atoms with van der Waals surface area (Å²) in [5.41, 5.74) is 1.02. The molecule has 0 unspecified atom stereocenters. The van der Waals surface area contributed by atoms with Crippen LogP contribution >= 0.6 is 0 Å². The molecule has 0 bridgehead atoms. The van der Waals surface area contributed by atoms with Crippen LogP contribution < -0.4 is 9.80 Å². The Morgan fingerprint density at radius 3 is 2.42 bits per heavy atom. The van der Waals surface area contributed by atoms with Gasteiger partial charge in [0.1, 0.15) is 18.0 Å². The van der Waals surface area contributed by atoms with Gasteiger partial charge >= 0.3 is 12.3 Å². The second kappa shape index (κ2) is 9.24. The summed E-state index contributed by atoms with van der Waals surface area (Å²) < 4.78 is 45.8. The average Bonchev–Trinajstić information content (AvgIpc) is 3.18. The van der Waals surface area contributed by atoms with Gasteiger partial charge in [-0.25, -0.2) is 14.8 Å². The number of carbonyl (C=O) groups is 1. The van der Waals surface area contributed by atoms with Crippen molar-refractivity contribution in [2.24, 2.45) is 0 Å². The summed E-state index contributed by atoms with van der Waals surface area (Å²) in [7, 11) is 0. The average molecular weight is 465 g/mol. The summed E-state index contributed by atoms with van der Waals surface area (Å²) in [6.07, 6.45) is -4.28. The van der Waals surface area contributed by atoms with E-state index in [-0.39, 0.29) is 24.6 Å². The maximum absolute atomic E-state index is 13.1. The molecule has 3 aromatic rings. The molecule has 33 heavy (non-hydrogen) atoms. The number of halogens is 3. The zero-order chi connectivity index (χ0) is 23.6. The van der Waals surface area contributed by atoms with Crippen molar-refractivity contribution < 1.29 is 32.9 Å². The van der Waals surface area contributed by atoms with Crippen LogP contribution in [0.3, 0.4) is 0 Å². The van der Waals surface area contributed by atoms with E-state index in [0.717, 1.165) is 9.47 Å². The smallest absolute Gasteiger partial charge is 0.411 e. The van der Waals surface area contributed by atoms with Gasteiger partial charge in [0.15, 0.2) is 5.82 Å². The van der Waals surface area contributed by atoms with Gasteiger partial charge in [-0.15, -0.1) is 0 Å². The molecule has 1 aromatic carbocycles. The molecule has 1 fully saturated rings. The number of aliphatic hydroxyl groups excluding tert-OH is 1. The molecule has 3 heterocycles. The molecule has 4 rings (SSSR count). The van der Waals surface area contributed by atoms with Crippen LogP contribution in [-0.2, 0) is 11.3 Å². The Hall–Kier alpha value is -3.38. The van der Waals surface area contributed by atoms with E-state index in [1.54, 1.807) is 18.2 Å². The van der Waals surface area contributed by atoms with Gasteiger partial charge in [-0.3, -0.25) is 4.90 Å². The van der Waals surface area contributed by atoms with E-state index in [9.17, 15) is 23.1 Å². The zero-order valence-corrected chi connectivity index (χ0v) is 17.5. The molecule has 0 spiro atoms. The van der Waals surface area contributed by atoms with Crippen LogP contribution in [0.4, 0.5) is 29.5 Å². The molecule has 1 aliphatic heterocycles. The largest absolute Gasteiger partial charge is 0.465 e. The molecule has 0 radical (unpaired) electrons. The van der Waals surface area contributed by atoms with E-state index in [2.05, 4.69) is 9.97 Å². The highest BCUT2D eigenvalue weighted by Gasteiger charge is 2.30. The summed E-state index contributed by atoms with van der Waals surface area (Å²) in [6.45, 7) is 0.441. The standard InChI is InChI=1S/C21H22F3N5O4/c22-21(23,24)13-28-6-5-16-18(27-8-11-33-12-9-27)25-17(26-19(16)28)14-1-3-15(4-2-14)29(7-10-30)20(31)32/h1-6,30H,7-13H2,(H,31,32). The van der Waals surface area contributed by atoms with Crippen LogP contribution in [0.2, 0.25) is 0 Å². The number of rotatable bonds is 6. The first kappa shape index (κ1) is 22.8. The number of aliphatic hydroxyl groups is 1. The number of benzene rings is 1. The summed E-state index contributed by atoms with van der Waals surface area (Å²) in [6, 6.07) is 7.86. The Kier molecular flexibility index (Phi) is 6.38. The maximum atomic E-state index is 13.1. The number of nitrogens with zero attached hydrogens (tertiary/aromatic N) is 5. The Bertz CT molecular complexity index is 1130. The van der Waals surface area contributed by atoms with Crippen LogP contribution in [-0.4, -0.2) is 76.5 Å². The molecule has 0 saturated carbocycles. The van der Waals surface area contributed by atoms with Gasteiger partial charge in [0.25, 0.3) is 0 Å². The molecule has 2 aromatic heterocycles. The number of fused-ring (bicyclic) bond motifs is 1. The molecule has 0 atom stereocenters. The quantitative estimate of drug-likeness (QED) is 0.577. The second-order valence-electron chi connectivity index (χ2n) is 7.47. The lowest BCUT2D eigenvalue weighted by atomic mass is 10.1. The molecular weight excluding hydrogens is 443 g/mol. The number of amides is 1. The van der Waals surface area contributed by atoms with Gasteiger partial charge in [0.2, 0.25) is 0 Å². The normalized spacial score (nSPS) is 14.6. The van der Waals surface area contributed by atoms with Crippen molar-refractivity contribution in [1.29, 1.82) is 0 Å². The maximum Gasteiger partial charge on any atom is 0.411 e. The van der Waals surface area contributed by atoms with Crippen molar-refractivity contribution in [2.45, 2.75) is 12.7 Å². The van der Waals surface area contributed by atoms with E-state index in [1.165, 1.54) is 18.3 Å². The lowest BCUT2D eigenvalue weighted by Gasteiger charge is -2.28. The Morgan fingerprint density at radius 2 is 1.82 bits per heavy atom. The third-order valence-electron chi connectivity index (χ3n) is 5.25.